The molecule has 1 amide bonds. The summed E-state index contributed by atoms with van der Waals surface area (Å²) in [5, 5.41) is 18.2. The minimum absolute atomic E-state index is 0.0101. The van der Waals surface area contributed by atoms with Gasteiger partial charge < -0.3 is 15.1 Å². The van der Waals surface area contributed by atoms with E-state index in [1.54, 1.807) is 4.90 Å². The summed E-state index contributed by atoms with van der Waals surface area (Å²) in [4.78, 5) is 26.6. The number of aliphatic hydroxyl groups excluding tert-OH is 1. The van der Waals surface area contributed by atoms with Crippen molar-refractivity contribution in [3.8, 4) is 0 Å². The van der Waals surface area contributed by atoms with Crippen molar-refractivity contribution in [2.45, 2.75) is 45.1 Å². The Morgan fingerprint density at radius 1 is 1.25 bits per heavy atom. The van der Waals surface area contributed by atoms with Gasteiger partial charge in [0.25, 0.3) is 0 Å². The van der Waals surface area contributed by atoms with Crippen molar-refractivity contribution in [2.75, 3.05) is 32.8 Å². The van der Waals surface area contributed by atoms with Crippen LogP contribution in [0, 0.1) is 0 Å². The summed E-state index contributed by atoms with van der Waals surface area (Å²) in [5.74, 6) is -0.838. The van der Waals surface area contributed by atoms with E-state index in [9.17, 15) is 14.7 Å². The van der Waals surface area contributed by atoms with Crippen LogP contribution in [0.4, 0.5) is 0 Å². The van der Waals surface area contributed by atoms with Gasteiger partial charge in [-0.3, -0.25) is 14.5 Å². The van der Waals surface area contributed by atoms with E-state index in [0.29, 0.717) is 13.0 Å². The third kappa shape index (κ3) is 5.46. The van der Waals surface area contributed by atoms with Gasteiger partial charge in [0, 0.05) is 25.7 Å². The largest absolute Gasteiger partial charge is 0.481 e. The number of rotatable bonds is 8. The fourth-order valence-corrected chi connectivity index (χ4v) is 2.55. The molecule has 1 aliphatic rings. The minimum Gasteiger partial charge on any atom is -0.481 e. The van der Waals surface area contributed by atoms with E-state index >= 15 is 0 Å². The van der Waals surface area contributed by atoms with E-state index in [4.69, 9.17) is 5.11 Å². The zero-order valence-electron chi connectivity index (χ0n) is 12.3. The predicted octanol–water partition coefficient (Wildman–Crippen LogP) is 0.547. The Bertz CT molecular complexity index is 312. The van der Waals surface area contributed by atoms with Crippen LogP contribution in [-0.4, -0.2) is 70.7 Å². The first-order valence-corrected chi connectivity index (χ1v) is 7.43. The molecule has 20 heavy (non-hydrogen) atoms. The van der Waals surface area contributed by atoms with Crippen molar-refractivity contribution in [3.63, 3.8) is 0 Å². The molecule has 1 atom stereocenters. The van der Waals surface area contributed by atoms with Crippen molar-refractivity contribution in [1.29, 1.82) is 0 Å². The maximum atomic E-state index is 12.2. The van der Waals surface area contributed by atoms with Gasteiger partial charge in [-0.25, -0.2) is 0 Å². The molecule has 0 radical (unpaired) electrons. The van der Waals surface area contributed by atoms with Crippen LogP contribution in [0.25, 0.3) is 0 Å². The highest BCUT2D eigenvalue weighted by Gasteiger charge is 2.23. The maximum absolute atomic E-state index is 12.2. The van der Waals surface area contributed by atoms with Crippen LogP contribution in [0.15, 0.2) is 0 Å². The number of aliphatic carboxylic acids is 1. The van der Waals surface area contributed by atoms with Gasteiger partial charge in [0.2, 0.25) is 5.91 Å². The molecule has 116 valence electrons. The monoisotopic (exact) mass is 286 g/mol. The number of hydrogen-bond donors (Lipinski definition) is 2. The van der Waals surface area contributed by atoms with Gasteiger partial charge in [-0.05, 0) is 25.7 Å². The summed E-state index contributed by atoms with van der Waals surface area (Å²) < 4.78 is 0. The summed E-state index contributed by atoms with van der Waals surface area (Å²) in [7, 11) is 0. The molecule has 1 saturated heterocycles. The number of amides is 1. The molecule has 6 heteroatoms. The third-order valence-electron chi connectivity index (χ3n) is 3.86. The van der Waals surface area contributed by atoms with E-state index in [0.717, 1.165) is 25.9 Å². The van der Waals surface area contributed by atoms with Crippen molar-refractivity contribution in [3.05, 3.63) is 0 Å². The van der Waals surface area contributed by atoms with E-state index in [1.165, 1.54) is 6.42 Å². The number of carboxylic acids is 1. The molecule has 0 aromatic heterocycles. The second-order valence-electron chi connectivity index (χ2n) is 5.30. The Balaban J connectivity index is 2.56. The molecule has 2 N–H and O–H groups in total. The predicted molar refractivity (Wildman–Crippen MR) is 75.4 cm³/mol. The molecule has 0 aromatic rings. The second-order valence-corrected chi connectivity index (χ2v) is 5.30. The highest BCUT2D eigenvalue weighted by atomic mass is 16.4. The lowest BCUT2D eigenvalue weighted by Crippen LogP contribution is -2.47. The van der Waals surface area contributed by atoms with Gasteiger partial charge in [-0.1, -0.05) is 6.92 Å². The molecule has 6 nitrogen and oxygen atoms in total. The van der Waals surface area contributed by atoms with Gasteiger partial charge in [-0.15, -0.1) is 0 Å². The van der Waals surface area contributed by atoms with Gasteiger partial charge in [0.05, 0.1) is 19.6 Å². The number of carboxylic acid groups (broad SMARTS) is 1. The zero-order chi connectivity index (χ0) is 15.0. The molecule has 1 heterocycles. The van der Waals surface area contributed by atoms with Crippen LogP contribution in [0.1, 0.15) is 39.0 Å². The van der Waals surface area contributed by atoms with Crippen LogP contribution in [0.2, 0.25) is 0 Å². The highest BCUT2D eigenvalue weighted by molar-refractivity contribution is 5.78. The van der Waals surface area contributed by atoms with Gasteiger partial charge in [0.1, 0.15) is 0 Å². The molecule has 0 saturated carbocycles. The second kappa shape index (κ2) is 8.92. The first-order chi connectivity index (χ1) is 9.58. The number of piperidine rings is 1. The topological polar surface area (TPSA) is 81.1 Å². The van der Waals surface area contributed by atoms with Crippen LogP contribution in [-0.2, 0) is 9.59 Å². The van der Waals surface area contributed by atoms with Crippen LogP contribution >= 0.6 is 0 Å². The van der Waals surface area contributed by atoms with Crippen LogP contribution in [0.5, 0.6) is 0 Å². The summed E-state index contributed by atoms with van der Waals surface area (Å²) >= 11 is 0. The van der Waals surface area contributed by atoms with Crippen molar-refractivity contribution < 1.29 is 19.8 Å². The molecule has 1 aliphatic heterocycles. The van der Waals surface area contributed by atoms with Gasteiger partial charge in [-0.2, -0.15) is 0 Å². The number of aliphatic hydroxyl groups is 1. The molecule has 0 bridgehead atoms. The number of carbonyl (C=O) groups is 2. The zero-order valence-corrected chi connectivity index (χ0v) is 12.3. The first kappa shape index (κ1) is 16.9. The van der Waals surface area contributed by atoms with Crippen molar-refractivity contribution >= 4 is 11.9 Å². The van der Waals surface area contributed by atoms with Gasteiger partial charge >= 0.3 is 5.97 Å². The Hall–Kier alpha value is -1.14. The first-order valence-electron chi connectivity index (χ1n) is 7.43. The normalized spacial score (nSPS) is 17.2. The van der Waals surface area contributed by atoms with E-state index in [1.807, 2.05) is 11.8 Å². The third-order valence-corrected chi connectivity index (χ3v) is 3.86. The van der Waals surface area contributed by atoms with Gasteiger partial charge in [0.15, 0.2) is 0 Å². The van der Waals surface area contributed by atoms with E-state index in [2.05, 4.69) is 0 Å². The van der Waals surface area contributed by atoms with Crippen LogP contribution in [0.3, 0.4) is 0 Å². The number of nitrogens with zero attached hydrogens (tertiary/aromatic N) is 2. The average molecular weight is 286 g/mol. The Labute approximate surface area is 120 Å². The summed E-state index contributed by atoms with van der Waals surface area (Å²) in [6, 6.07) is -0.150. The van der Waals surface area contributed by atoms with Crippen molar-refractivity contribution in [1.82, 2.24) is 9.80 Å². The number of likely N-dealkylation sites (tertiary alicyclic amines) is 1. The fraction of sp³-hybridized carbons (Fsp3) is 0.857. The average Bonchev–Trinajstić information content (AvgIpc) is 2.46. The minimum atomic E-state index is -0.881. The van der Waals surface area contributed by atoms with E-state index in [-0.39, 0.29) is 31.5 Å². The standard InChI is InChI=1S/C14H26N2O4/c1-2-12(11-17)16(9-6-14(19)20)10-13(18)15-7-4-3-5-8-15/h12,17H,2-11H2,1H3,(H,19,20). The molecule has 1 fully saturated rings. The summed E-state index contributed by atoms with van der Waals surface area (Å²) in [6.07, 6.45) is 3.93. The highest BCUT2D eigenvalue weighted by Crippen LogP contribution is 2.11. The lowest BCUT2D eigenvalue weighted by molar-refractivity contribution is -0.139. The lowest BCUT2D eigenvalue weighted by atomic mass is 10.1. The van der Waals surface area contributed by atoms with Crippen LogP contribution < -0.4 is 0 Å². The fourth-order valence-electron chi connectivity index (χ4n) is 2.55. The molecule has 1 unspecified atom stereocenters. The quantitative estimate of drug-likeness (QED) is 0.681. The molecule has 1 rings (SSSR count). The Kier molecular flexibility index (Phi) is 7.54. The summed E-state index contributed by atoms with van der Waals surface area (Å²) in [5.41, 5.74) is 0. The molecular formula is C14H26N2O4. The molecule has 0 spiro atoms. The smallest absolute Gasteiger partial charge is 0.304 e. The molecule has 0 aliphatic carbocycles. The Morgan fingerprint density at radius 2 is 1.90 bits per heavy atom. The molecular weight excluding hydrogens is 260 g/mol. The number of hydrogen-bond acceptors (Lipinski definition) is 4. The van der Waals surface area contributed by atoms with Crippen molar-refractivity contribution in [2.24, 2.45) is 0 Å². The number of carbonyl (C=O) groups excluding carboxylic acids is 1. The lowest BCUT2D eigenvalue weighted by Gasteiger charge is -2.33. The molecule has 0 aromatic carbocycles. The maximum Gasteiger partial charge on any atom is 0.304 e. The summed E-state index contributed by atoms with van der Waals surface area (Å²) in [6.45, 7) is 3.97. The van der Waals surface area contributed by atoms with E-state index < -0.39 is 5.97 Å². The Morgan fingerprint density at radius 3 is 2.40 bits per heavy atom. The SMILES string of the molecule is CCC(CO)N(CCC(=O)O)CC(=O)N1CCCCC1.